The fraction of sp³-hybridized carbons (Fsp3) is 0.550. The summed E-state index contributed by atoms with van der Waals surface area (Å²) in [5, 5.41) is 10.5. The third kappa shape index (κ3) is 7.03. The smallest absolute Gasteiger partial charge is 0.390 e. The van der Waals surface area contributed by atoms with Crippen LogP contribution in [0.1, 0.15) is 30.9 Å². The molecule has 0 saturated carbocycles. The van der Waals surface area contributed by atoms with Crippen LogP contribution in [0.2, 0.25) is 0 Å². The number of rotatable bonds is 10. The fourth-order valence-corrected chi connectivity index (χ4v) is 5.96. The third-order valence-corrected chi connectivity index (χ3v) is 8.18. The molecule has 3 aromatic rings. The Kier molecular flexibility index (Phi) is 8.60. The van der Waals surface area contributed by atoms with Gasteiger partial charge in [-0.1, -0.05) is 0 Å². The van der Waals surface area contributed by atoms with Gasteiger partial charge in [-0.2, -0.15) is 4.98 Å². The lowest BCUT2D eigenvalue weighted by Crippen LogP contribution is -2.33. The first kappa shape index (κ1) is 31.4. The standard InChI is InChI=1S/C20H27N7O14P2/c1-8-4-26(20(31)25-17(8)29)14-3-10(12(40-14)6-37-42(32,33)34)41-43(35,36)38-5-11-9(28)2-13(39-11)27-7-22-15-16(27)23-19(21)24-18(15)30/h4,7,9-14,28H,2-3,5-6H2,1H3,(H,35,36)(H,25,29,31)(H2,32,33,34)(H3,21,23,24,30). The van der Waals surface area contributed by atoms with Gasteiger partial charge in [0.15, 0.2) is 11.2 Å². The Labute approximate surface area is 239 Å². The summed E-state index contributed by atoms with van der Waals surface area (Å²) in [4.78, 5) is 77.1. The summed E-state index contributed by atoms with van der Waals surface area (Å²) in [5.74, 6) is -0.167. The summed E-state index contributed by atoms with van der Waals surface area (Å²) in [7, 11) is -9.95. The van der Waals surface area contributed by atoms with Gasteiger partial charge >= 0.3 is 21.3 Å². The summed E-state index contributed by atoms with van der Waals surface area (Å²) in [6, 6.07) is 0. The summed E-state index contributed by atoms with van der Waals surface area (Å²) >= 11 is 0. The van der Waals surface area contributed by atoms with Gasteiger partial charge in [-0.05, 0) is 6.92 Å². The number of hydrogen-bond donors (Lipinski definition) is 7. The molecule has 0 aromatic carbocycles. The molecule has 3 aromatic heterocycles. The minimum Gasteiger partial charge on any atom is -0.390 e. The van der Waals surface area contributed by atoms with Crippen molar-refractivity contribution in [3.05, 3.63) is 49.3 Å². The number of hydrogen-bond acceptors (Lipinski definition) is 14. The summed E-state index contributed by atoms with van der Waals surface area (Å²) < 4.78 is 52.6. The SMILES string of the molecule is Cc1cn(C2CC(OP(=O)(O)OCC3OC(n4cnc5c(=O)[nH]c(N)nc54)CC3O)C(COP(=O)(O)O)O2)c(=O)[nH]c1=O. The monoisotopic (exact) mass is 651 g/mol. The number of nitrogens with two attached hydrogens (primary N) is 1. The van der Waals surface area contributed by atoms with Crippen LogP contribution in [0.5, 0.6) is 0 Å². The Balaban J connectivity index is 1.26. The number of phosphoric acid groups is 2. The number of aromatic nitrogens is 6. The van der Waals surface area contributed by atoms with Crippen molar-refractivity contribution < 1.29 is 52.0 Å². The van der Waals surface area contributed by atoms with E-state index in [4.69, 9.17) is 34.0 Å². The van der Waals surface area contributed by atoms with Crippen molar-refractivity contribution in [1.29, 1.82) is 0 Å². The number of nitrogens with one attached hydrogen (secondary N) is 2. The molecule has 2 fully saturated rings. The molecule has 43 heavy (non-hydrogen) atoms. The molecule has 0 bridgehead atoms. The lowest BCUT2D eigenvalue weighted by atomic mass is 10.2. The van der Waals surface area contributed by atoms with Crippen LogP contribution in [0, 0.1) is 6.92 Å². The van der Waals surface area contributed by atoms with E-state index in [1.54, 1.807) is 0 Å². The molecular weight excluding hydrogens is 624 g/mol. The maximum Gasteiger partial charge on any atom is 0.472 e. The first-order valence-corrected chi connectivity index (χ1v) is 15.5. The van der Waals surface area contributed by atoms with Gasteiger partial charge in [0.2, 0.25) is 5.95 Å². The number of anilines is 1. The van der Waals surface area contributed by atoms with Crippen LogP contribution in [-0.4, -0.2) is 86.5 Å². The summed E-state index contributed by atoms with van der Waals surface area (Å²) in [6.45, 7) is -0.0186. The molecule has 0 amide bonds. The van der Waals surface area contributed by atoms with Crippen LogP contribution in [-0.2, 0) is 32.2 Å². The number of H-pyrrole nitrogens is 2. The summed E-state index contributed by atoms with van der Waals surface area (Å²) in [5.41, 5.74) is 3.73. The molecule has 8 N–H and O–H groups in total. The van der Waals surface area contributed by atoms with Gasteiger partial charge in [0.1, 0.15) is 30.8 Å². The average Bonchev–Trinajstić information content (AvgIpc) is 3.60. The molecule has 2 aliphatic heterocycles. The lowest BCUT2D eigenvalue weighted by molar-refractivity contribution is -0.0559. The highest BCUT2D eigenvalue weighted by molar-refractivity contribution is 7.47. The maximum absolute atomic E-state index is 12.9. The topological polar surface area (TPSA) is 306 Å². The Hall–Kier alpha value is -3.07. The molecular formula is C20H27N7O14P2. The van der Waals surface area contributed by atoms with Gasteiger partial charge in [0.25, 0.3) is 11.1 Å². The molecule has 7 unspecified atom stereocenters. The number of aromatic amines is 2. The van der Waals surface area contributed by atoms with E-state index in [0.29, 0.717) is 0 Å². The minimum atomic E-state index is -4.99. The van der Waals surface area contributed by atoms with Crippen LogP contribution >= 0.6 is 15.6 Å². The van der Waals surface area contributed by atoms with Gasteiger partial charge in [-0.15, -0.1) is 0 Å². The number of aliphatic hydroxyl groups excluding tert-OH is 1. The predicted molar refractivity (Wildman–Crippen MR) is 140 cm³/mol. The molecule has 0 radical (unpaired) electrons. The molecule has 236 valence electrons. The average molecular weight is 651 g/mol. The van der Waals surface area contributed by atoms with E-state index in [1.807, 2.05) is 0 Å². The molecule has 2 aliphatic rings. The molecule has 7 atom stereocenters. The van der Waals surface area contributed by atoms with E-state index in [9.17, 15) is 33.5 Å². The molecule has 2 saturated heterocycles. The number of phosphoric ester groups is 2. The second-order valence-electron chi connectivity index (χ2n) is 9.75. The van der Waals surface area contributed by atoms with Crippen molar-refractivity contribution >= 4 is 32.8 Å². The van der Waals surface area contributed by atoms with E-state index in [1.165, 1.54) is 24.0 Å². The Morgan fingerprint density at radius 2 is 1.70 bits per heavy atom. The first-order valence-electron chi connectivity index (χ1n) is 12.5. The zero-order valence-electron chi connectivity index (χ0n) is 22.1. The normalized spacial score (nSPS) is 27.6. The van der Waals surface area contributed by atoms with Crippen molar-refractivity contribution in [3.8, 4) is 0 Å². The number of nitrogen functional groups attached to an aromatic ring is 1. The van der Waals surface area contributed by atoms with E-state index >= 15 is 0 Å². The molecule has 5 heterocycles. The first-order chi connectivity index (χ1) is 20.1. The minimum absolute atomic E-state index is 0.0195. The Bertz CT molecular complexity index is 1780. The van der Waals surface area contributed by atoms with E-state index in [-0.39, 0.29) is 35.5 Å². The third-order valence-electron chi connectivity index (χ3n) is 6.68. The number of aliphatic hydroxyl groups is 1. The second-order valence-corrected chi connectivity index (χ2v) is 12.4. The fourth-order valence-electron chi connectivity index (χ4n) is 4.66. The molecule has 5 rings (SSSR count). The van der Waals surface area contributed by atoms with E-state index in [0.717, 1.165) is 4.57 Å². The Morgan fingerprint density at radius 3 is 2.42 bits per heavy atom. The predicted octanol–water partition coefficient (Wildman–Crippen LogP) is -1.89. The largest absolute Gasteiger partial charge is 0.472 e. The van der Waals surface area contributed by atoms with Crippen molar-refractivity contribution in [2.75, 3.05) is 18.9 Å². The molecule has 0 aliphatic carbocycles. The number of imidazole rings is 1. The van der Waals surface area contributed by atoms with Gasteiger partial charge in [-0.3, -0.25) is 42.3 Å². The van der Waals surface area contributed by atoms with Crippen LogP contribution in [0.15, 0.2) is 26.9 Å². The van der Waals surface area contributed by atoms with Crippen LogP contribution in [0.3, 0.4) is 0 Å². The van der Waals surface area contributed by atoms with Crippen molar-refractivity contribution in [1.82, 2.24) is 29.1 Å². The lowest BCUT2D eigenvalue weighted by Gasteiger charge is -2.22. The number of nitrogens with zero attached hydrogens (tertiary/aromatic N) is 4. The second kappa shape index (κ2) is 11.8. The summed E-state index contributed by atoms with van der Waals surface area (Å²) in [6.07, 6.45) is -5.04. The quantitative estimate of drug-likeness (QED) is 0.118. The van der Waals surface area contributed by atoms with Gasteiger partial charge in [0.05, 0.1) is 25.6 Å². The van der Waals surface area contributed by atoms with Crippen LogP contribution in [0.4, 0.5) is 5.95 Å². The molecule has 0 spiro atoms. The number of ether oxygens (including phenoxy) is 2. The highest BCUT2D eigenvalue weighted by Gasteiger charge is 2.44. The van der Waals surface area contributed by atoms with Gasteiger partial charge in [0, 0.05) is 24.6 Å². The Morgan fingerprint density at radius 1 is 1.02 bits per heavy atom. The van der Waals surface area contributed by atoms with E-state index < -0.39 is 82.5 Å². The number of fused-ring (bicyclic) bond motifs is 1. The van der Waals surface area contributed by atoms with Gasteiger partial charge < -0.3 is 35.0 Å². The van der Waals surface area contributed by atoms with Crippen LogP contribution < -0.4 is 22.5 Å². The highest BCUT2D eigenvalue weighted by Crippen LogP contribution is 2.49. The van der Waals surface area contributed by atoms with Crippen LogP contribution in [0.25, 0.3) is 11.2 Å². The van der Waals surface area contributed by atoms with Crippen molar-refractivity contribution in [2.45, 2.75) is 56.6 Å². The number of aryl methyl sites for hydroxylation is 1. The van der Waals surface area contributed by atoms with Gasteiger partial charge in [-0.25, -0.2) is 18.9 Å². The zero-order valence-corrected chi connectivity index (χ0v) is 23.9. The van der Waals surface area contributed by atoms with E-state index in [2.05, 4.69) is 24.5 Å². The van der Waals surface area contributed by atoms with Crippen molar-refractivity contribution in [3.63, 3.8) is 0 Å². The highest BCUT2D eigenvalue weighted by atomic mass is 31.2. The molecule has 21 nitrogen and oxygen atoms in total. The van der Waals surface area contributed by atoms with Crippen molar-refractivity contribution in [2.24, 2.45) is 0 Å². The maximum atomic E-state index is 12.9. The zero-order chi connectivity index (χ0) is 31.3. The molecule has 23 heteroatoms.